The van der Waals surface area contributed by atoms with Gasteiger partial charge in [0.05, 0.1) is 4.90 Å². The second-order valence-electron chi connectivity index (χ2n) is 6.37. The Labute approximate surface area is 127 Å². The highest BCUT2D eigenvalue weighted by molar-refractivity contribution is 7.89. The molecule has 2 unspecified atom stereocenters. The third-order valence-electron chi connectivity index (χ3n) is 5.02. The Kier molecular flexibility index (Phi) is 4.08. The molecule has 0 N–H and O–H groups in total. The lowest BCUT2D eigenvalue weighted by atomic mass is 9.85. The number of hydrogen-bond donors (Lipinski definition) is 0. The summed E-state index contributed by atoms with van der Waals surface area (Å²) in [5, 5.41) is 0. The van der Waals surface area contributed by atoms with Gasteiger partial charge in [0.25, 0.3) is 0 Å². The Morgan fingerprint density at radius 1 is 1.14 bits per heavy atom. The molecule has 116 valence electrons. The Hall–Kier alpha value is -0.910. The molecule has 2 fully saturated rings. The quantitative estimate of drug-likeness (QED) is 0.840. The number of nitrogens with zero attached hydrogens (tertiary/aromatic N) is 2. The van der Waals surface area contributed by atoms with Gasteiger partial charge in [0.1, 0.15) is 0 Å². The first-order valence-corrected chi connectivity index (χ1v) is 9.20. The highest BCUT2D eigenvalue weighted by atomic mass is 32.2. The summed E-state index contributed by atoms with van der Waals surface area (Å²) in [6, 6.07) is 7.84. The van der Waals surface area contributed by atoms with Gasteiger partial charge >= 0.3 is 0 Å². The molecule has 0 radical (unpaired) electrons. The van der Waals surface area contributed by atoms with Crippen molar-refractivity contribution in [3.63, 3.8) is 0 Å². The standard InChI is InChI=1S/C16H24N2O2S/c1-13-6-3-4-8-16(13)21(19,20)18-11-9-15-14(12-18)7-5-10-17(15)2/h3-4,6,8,14-15H,5,7,9-12H2,1-2H3. The van der Waals surface area contributed by atoms with E-state index in [0.717, 1.165) is 24.9 Å². The lowest BCUT2D eigenvalue weighted by Gasteiger charge is -2.45. The third kappa shape index (κ3) is 2.74. The number of benzene rings is 1. The summed E-state index contributed by atoms with van der Waals surface area (Å²) in [6.45, 7) is 4.33. The lowest BCUT2D eigenvalue weighted by Crippen LogP contribution is -2.53. The fourth-order valence-corrected chi connectivity index (χ4v) is 5.56. The highest BCUT2D eigenvalue weighted by Crippen LogP contribution is 2.32. The number of aryl methyl sites for hydroxylation is 1. The van der Waals surface area contributed by atoms with E-state index in [1.165, 1.54) is 6.42 Å². The molecule has 21 heavy (non-hydrogen) atoms. The molecule has 1 aromatic carbocycles. The average molecular weight is 308 g/mol. The number of hydrogen-bond acceptors (Lipinski definition) is 3. The molecule has 0 aliphatic carbocycles. The topological polar surface area (TPSA) is 40.6 Å². The smallest absolute Gasteiger partial charge is 0.243 e. The second kappa shape index (κ2) is 5.71. The zero-order chi connectivity index (χ0) is 15.0. The number of sulfonamides is 1. The van der Waals surface area contributed by atoms with E-state index >= 15 is 0 Å². The van der Waals surface area contributed by atoms with E-state index in [2.05, 4.69) is 11.9 Å². The van der Waals surface area contributed by atoms with Crippen molar-refractivity contribution in [2.75, 3.05) is 26.7 Å². The summed E-state index contributed by atoms with van der Waals surface area (Å²) in [5.41, 5.74) is 0.834. The maximum Gasteiger partial charge on any atom is 0.243 e. The van der Waals surface area contributed by atoms with Crippen molar-refractivity contribution in [2.24, 2.45) is 5.92 Å². The van der Waals surface area contributed by atoms with Gasteiger partial charge in [-0.25, -0.2) is 8.42 Å². The second-order valence-corrected chi connectivity index (χ2v) is 8.27. The number of rotatable bonds is 2. The summed E-state index contributed by atoms with van der Waals surface area (Å²) >= 11 is 0. The minimum atomic E-state index is -3.35. The highest BCUT2D eigenvalue weighted by Gasteiger charge is 2.38. The van der Waals surface area contributed by atoms with Gasteiger partial charge in [-0.1, -0.05) is 18.2 Å². The molecule has 5 heteroatoms. The van der Waals surface area contributed by atoms with Crippen LogP contribution in [0.3, 0.4) is 0 Å². The molecule has 1 aromatic rings. The van der Waals surface area contributed by atoms with Crippen LogP contribution in [0.5, 0.6) is 0 Å². The van der Waals surface area contributed by atoms with Crippen LogP contribution < -0.4 is 0 Å². The largest absolute Gasteiger partial charge is 0.303 e. The van der Waals surface area contributed by atoms with Gasteiger partial charge in [0.15, 0.2) is 0 Å². The van der Waals surface area contributed by atoms with Gasteiger partial charge in [-0.3, -0.25) is 0 Å². The van der Waals surface area contributed by atoms with Crippen molar-refractivity contribution in [1.82, 2.24) is 9.21 Å². The van der Waals surface area contributed by atoms with E-state index in [0.29, 0.717) is 29.9 Å². The fourth-order valence-electron chi connectivity index (χ4n) is 3.82. The Morgan fingerprint density at radius 2 is 1.90 bits per heavy atom. The predicted molar refractivity (Wildman–Crippen MR) is 83.7 cm³/mol. The molecule has 3 rings (SSSR count). The molecule has 2 saturated heterocycles. The van der Waals surface area contributed by atoms with E-state index in [1.54, 1.807) is 16.4 Å². The van der Waals surface area contributed by atoms with Crippen LogP contribution in [-0.2, 0) is 10.0 Å². The van der Waals surface area contributed by atoms with E-state index in [4.69, 9.17) is 0 Å². The Balaban J connectivity index is 1.83. The zero-order valence-corrected chi connectivity index (χ0v) is 13.6. The number of piperidine rings is 2. The van der Waals surface area contributed by atoms with Crippen molar-refractivity contribution in [1.29, 1.82) is 0 Å². The van der Waals surface area contributed by atoms with Crippen LogP contribution in [0.25, 0.3) is 0 Å². The van der Waals surface area contributed by atoms with E-state index in [9.17, 15) is 8.42 Å². The van der Waals surface area contributed by atoms with Crippen LogP contribution in [0.2, 0.25) is 0 Å². The van der Waals surface area contributed by atoms with Gasteiger partial charge in [-0.05, 0) is 57.3 Å². The molecule has 0 aromatic heterocycles. The average Bonchev–Trinajstić information content (AvgIpc) is 2.47. The first-order chi connectivity index (χ1) is 10.00. The minimum Gasteiger partial charge on any atom is -0.303 e. The zero-order valence-electron chi connectivity index (χ0n) is 12.8. The maximum absolute atomic E-state index is 12.9. The number of likely N-dealkylation sites (tertiary alicyclic amines) is 1. The normalized spacial score (nSPS) is 28.3. The Morgan fingerprint density at radius 3 is 2.67 bits per heavy atom. The van der Waals surface area contributed by atoms with Crippen LogP contribution in [-0.4, -0.2) is 50.3 Å². The van der Waals surface area contributed by atoms with Crippen LogP contribution in [0.4, 0.5) is 0 Å². The first kappa shape index (κ1) is 15.0. The van der Waals surface area contributed by atoms with Gasteiger partial charge in [-0.2, -0.15) is 4.31 Å². The first-order valence-electron chi connectivity index (χ1n) is 7.76. The summed E-state index contributed by atoms with van der Waals surface area (Å²) in [5.74, 6) is 0.483. The summed E-state index contributed by atoms with van der Waals surface area (Å²) in [7, 11) is -1.18. The summed E-state index contributed by atoms with van der Waals surface area (Å²) in [4.78, 5) is 2.87. The molecule has 4 nitrogen and oxygen atoms in total. The predicted octanol–water partition coefficient (Wildman–Crippen LogP) is 2.10. The van der Waals surface area contributed by atoms with Crippen molar-refractivity contribution in [3.05, 3.63) is 29.8 Å². The van der Waals surface area contributed by atoms with E-state index in [1.807, 2.05) is 19.1 Å². The van der Waals surface area contributed by atoms with Gasteiger partial charge in [0, 0.05) is 19.1 Å². The van der Waals surface area contributed by atoms with E-state index < -0.39 is 10.0 Å². The van der Waals surface area contributed by atoms with Crippen molar-refractivity contribution < 1.29 is 8.42 Å². The van der Waals surface area contributed by atoms with Gasteiger partial charge < -0.3 is 4.90 Å². The monoisotopic (exact) mass is 308 g/mol. The molecule has 2 aliphatic rings. The Bertz CT molecular complexity index is 614. The third-order valence-corrected chi connectivity index (χ3v) is 7.05. The van der Waals surface area contributed by atoms with Gasteiger partial charge in [0.2, 0.25) is 10.0 Å². The molecule has 0 spiro atoms. The molecule has 2 heterocycles. The number of fused-ring (bicyclic) bond motifs is 1. The minimum absolute atomic E-state index is 0.465. The summed E-state index contributed by atoms with van der Waals surface area (Å²) in [6.07, 6.45) is 3.27. The van der Waals surface area contributed by atoms with Crippen molar-refractivity contribution in [3.8, 4) is 0 Å². The van der Waals surface area contributed by atoms with E-state index in [-0.39, 0.29) is 0 Å². The fraction of sp³-hybridized carbons (Fsp3) is 0.625. The summed E-state index contributed by atoms with van der Waals surface area (Å²) < 4.78 is 27.5. The van der Waals surface area contributed by atoms with Crippen molar-refractivity contribution >= 4 is 10.0 Å². The molecule has 0 saturated carbocycles. The van der Waals surface area contributed by atoms with Crippen LogP contribution >= 0.6 is 0 Å². The SMILES string of the molecule is Cc1ccccc1S(=O)(=O)N1CCC2C(CCCN2C)C1. The van der Waals surface area contributed by atoms with Crippen molar-refractivity contribution in [2.45, 2.75) is 37.1 Å². The lowest BCUT2D eigenvalue weighted by molar-refractivity contribution is 0.0671. The molecular formula is C16H24N2O2S. The molecular weight excluding hydrogens is 284 g/mol. The van der Waals surface area contributed by atoms with Crippen LogP contribution in [0, 0.1) is 12.8 Å². The molecule has 0 bridgehead atoms. The van der Waals surface area contributed by atoms with Crippen LogP contribution in [0.1, 0.15) is 24.8 Å². The van der Waals surface area contributed by atoms with Crippen LogP contribution in [0.15, 0.2) is 29.2 Å². The maximum atomic E-state index is 12.9. The van der Waals surface area contributed by atoms with Gasteiger partial charge in [-0.15, -0.1) is 0 Å². The molecule has 0 amide bonds. The molecule has 2 aliphatic heterocycles. The molecule has 2 atom stereocenters.